The van der Waals surface area contributed by atoms with Crippen LogP contribution in [0.2, 0.25) is 0 Å². The third kappa shape index (κ3) is 1.21. The van der Waals surface area contributed by atoms with E-state index in [4.69, 9.17) is 0 Å². The SMILES string of the molecule is O=C1CCC(=O)N1CC=S. The quantitative estimate of drug-likeness (QED) is 0.422. The first-order valence-electron chi connectivity index (χ1n) is 3.02. The fourth-order valence-corrected chi connectivity index (χ4v) is 1.05. The van der Waals surface area contributed by atoms with Crippen molar-refractivity contribution in [2.45, 2.75) is 12.8 Å². The van der Waals surface area contributed by atoms with Gasteiger partial charge in [0.05, 0.1) is 6.54 Å². The average molecular weight is 157 g/mol. The molecule has 0 atom stereocenters. The minimum atomic E-state index is -0.105. The maximum atomic E-state index is 10.8. The molecule has 0 aliphatic carbocycles. The van der Waals surface area contributed by atoms with Gasteiger partial charge in [-0.2, -0.15) is 0 Å². The van der Waals surface area contributed by atoms with Crippen LogP contribution in [-0.2, 0) is 9.59 Å². The van der Waals surface area contributed by atoms with E-state index in [1.165, 1.54) is 10.3 Å². The molecule has 1 fully saturated rings. The van der Waals surface area contributed by atoms with Gasteiger partial charge < -0.3 is 0 Å². The van der Waals surface area contributed by atoms with E-state index in [0.29, 0.717) is 12.8 Å². The normalized spacial score (nSPS) is 18.2. The van der Waals surface area contributed by atoms with Crippen LogP contribution in [0.5, 0.6) is 0 Å². The summed E-state index contributed by atoms with van der Waals surface area (Å²) in [6.45, 7) is 0.285. The van der Waals surface area contributed by atoms with Gasteiger partial charge in [-0.25, -0.2) is 0 Å². The number of carbonyl (C=O) groups excluding carboxylic acids is 2. The molecule has 1 aliphatic rings. The fourth-order valence-electron chi connectivity index (χ4n) is 0.901. The summed E-state index contributed by atoms with van der Waals surface area (Å²) in [5.41, 5.74) is 0. The summed E-state index contributed by atoms with van der Waals surface area (Å²) < 4.78 is 0. The third-order valence-electron chi connectivity index (χ3n) is 1.41. The maximum Gasteiger partial charge on any atom is 0.230 e. The Morgan fingerprint density at radius 2 is 1.90 bits per heavy atom. The Kier molecular flexibility index (Phi) is 2.11. The van der Waals surface area contributed by atoms with Gasteiger partial charge in [-0.1, -0.05) is 12.2 Å². The zero-order valence-corrected chi connectivity index (χ0v) is 6.19. The first-order valence-corrected chi connectivity index (χ1v) is 3.49. The molecule has 1 aliphatic heterocycles. The molecule has 0 N–H and O–H groups in total. The van der Waals surface area contributed by atoms with Crippen molar-refractivity contribution in [3.63, 3.8) is 0 Å². The van der Waals surface area contributed by atoms with Crippen molar-refractivity contribution in [3.8, 4) is 0 Å². The van der Waals surface area contributed by atoms with E-state index in [1.54, 1.807) is 0 Å². The van der Waals surface area contributed by atoms with E-state index < -0.39 is 0 Å². The molecule has 54 valence electrons. The summed E-state index contributed by atoms with van der Waals surface area (Å²) >= 11 is 4.52. The molecule has 10 heavy (non-hydrogen) atoms. The summed E-state index contributed by atoms with van der Waals surface area (Å²) in [4.78, 5) is 22.8. The van der Waals surface area contributed by atoms with Crippen molar-refractivity contribution in [1.82, 2.24) is 4.90 Å². The number of amides is 2. The highest BCUT2D eigenvalue weighted by molar-refractivity contribution is 7.79. The number of hydrogen-bond acceptors (Lipinski definition) is 3. The Morgan fingerprint density at radius 1 is 1.40 bits per heavy atom. The standard InChI is InChI=1S/C6H7NO2S/c8-5-1-2-6(9)7(5)3-4-10/h4H,1-3H2. The van der Waals surface area contributed by atoms with Gasteiger partial charge in [0.2, 0.25) is 11.8 Å². The van der Waals surface area contributed by atoms with E-state index in [-0.39, 0.29) is 18.4 Å². The number of thiocarbonyl (C=S) groups is 1. The molecule has 2 amide bonds. The smallest absolute Gasteiger partial charge is 0.230 e. The molecule has 1 rings (SSSR count). The summed E-state index contributed by atoms with van der Waals surface area (Å²) in [6, 6.07) is 0. The molecule has 0 unspecified atom stereocenters. The predicted octanol–water partition coefficient (Wildman–Crippen LogP) is 0.135. The maximum absolute atomic E-state index is 10.8. The molecule has 3 nitrogen and oxygen atoms in total. The second kappa shape index (κ2) is 2.88. The third-order valence-corrected chi connectivity index (χ3v) is 1.56. The predicted molar refractivity (Wildman–Crippen MR) is 39.6 cm³/mol. The fraction of sp³-hybridized carbons (Fsp3) is 0.500. The van der Waals surface area contributed by atoms with Crippen LogP contribution in [0.1, 0.15) is 12.8 Å². The number of carbonyl (C=O) groups is 2. The van der Waals surface area contributed by atoms with Crippen molar-refractivity contribution in [1.29, 1.82) is 0 Å². The lowest BCUT2D eigenvalue weighted by Gasteiger charge is -2.08. The topological polar surface area (TPSA) is 37.4 Å². The van der Waals surface area contributed by atoms with Gasteiger partial charge in [-0.3, -0.25) is 14.5 Å². The molecule has 0 spiro atoms. The van der Waals surface area contributed by atoms with Crippen LogP contribution in [0.3, 0.4) is 0 Å². The number of nitrogens with zero attached hydrogens (tertiary/aromatic N) is 1. The van der Waals surface area contributed by atoms with Gasteiger partial charge in [-0.15, -0.1) is 0 Å². The lowest BCUT2D eigenvalue weighted by atomic mass is 10.4. The molecule has 1 saturated heterocycles. The van der Waals surface area contributed by atoms with Crippen LogP contribution >= 0.6 is 12.2 Å². The molecule has 1 heterocycles. The molecule has 4 heteroatoms. The molecule has 0 aromatic carbocycles. The van der Waals surface area contributed by atoms with E-state index in [9.17, 15) is 9.59 Å². The minimum absolute atomic E-state index is 0.105. The van der Waals surface area contributed by atoms with Crippen LogP contribution in [0.4, 0.5) is 0 Å². The van der Waals surface area contributed by atoms with Gasteiger partial charge in [0.25, 0.3) is 0 Å². The van der Waals surface area contributed by atoms with Crippen molar-refractivity contribution in [3.05, 3.63) is 0 Å². The van der Waals surface area contributed by atoms with E-state index in [1.807, 2.05) is 0 Å². The van der Waals surface area contributed by atoms with E-state index in [0.717, 1.165) is 0 Å². The monoisotopic (exact) mass is 157 g/mol. The van der Waals surface area contributed by atoms with Crippen molar-refractivity contribution < 1.29 is 9.59 Å². The van der Waals surface area contributed by atoms with E-state index in [2.05, 4.69) is 12.2 Å². The van der Waals surface area contributed by atoms with Crippen molar-refractivity contribution >= 4 is 29.4 Å². The Balaban J connectivity index is 2.62. The average Bonchev–Trinajstić information content (AvgIpc) is 2.20. The Hall–Kier alpha value is -0.770. The second-order valence-electron chi connectivity index (χ2n) is 2.06. The van der Waals surface area contributed by atoms with Crippen LogP contribution in [0.15, 0.2) is 0 Å². The molecule has 0 saturated carbocycles. The molecular formula is C6H7NO2S. The number of hydrogen-bond donors (Lipinski definition) is 0. The van der Waals surface area contributed by atoms with Crippen molar-refractivity contribution in [2.24, 2.45) is 0 Å². The number of imide groups is 1. The van der Waals surface area contributed by atoms with Gasteiger partial charge >= 0.3 is 0 Å². The molecule has 0 aromatic rings. The molecule has 0 aromatic heterocycles. The molecule has 0 bridgehead atoms. The zero-order chi connectivity index (χ0) is 7.56. The van der Waals surface area contributed by atoms with Crippen LogP contribution in [-0.4, -0.2) is 28.6 Å². The van der Waals surface area contributed by atoms with Gasteiger partial charge in [0.15, 0.2) is 0 Å². The Labute approximate surface area is 64.0 Å². The molecular weight excluding hydrogens is 150 g/mol. The van der Waals surface area contributed by atoms with Crippen molar-refractivity contribution in [2.75, 3.05) is 6.54 Å². The summed E-state index contributed by atoms with van der Waals surface area (Å²) in [5.74, 6) is -0.211. The largest absolute Gasteiger partial charge is 0.278 e. The van der Waals surface area contributed by atoms with Crippen LogP contribution < -0.4 is 0 Å². The highest BCUT2D eigenvalue weighted by atomic mass is 32.1. The highest BCUT2D eigenvalue weighted by Crippen LogP contribution is 2.09. The zero-order valence-electron chi connectivity index (χ0n) is 5.37. The van der Waals surface area contributed by atoms with Gasteiger partial charge in [0.1, 0.15) is 0 Å². The summed E-state index contributed by atoms with van der Waals surface area (Å²) in [5, 5.41) is 1.39. The number of rotatable bonds is 2. The van der Waals surface area contributed by atoms with Gasteiger partial charge in [0, 0.05) is 12.8 Å². The lowest BCUT2D eigenvalue weighted by Crippen LogP contribution is -2.30. The van der Waals surface area contributed by atoms with Gasteiger partial charge in [-0.05, 0) is 5.37 Å². The second-order valence-corrected chi connectivity index (χ2v) is 2.40. The number of likely N-dealkylation sites (tertiary alicyclic amines) is 1. The highest BCUT2D eigenvalue weighted by Gasteiger charge is 2.27. The molecule has 0 radical (unpaired) electrons. The summed E-state index contributed by atoms with van der Waals surface area (Å²) in [7, 11) is 0. The Morgan fingerprint density at radius 3 is 2.30 bits per heavy atom. The van der Waals surface area contributed by atoms with Crippen LogP contribution in [0.25, 0.3) is 0 Å². The first-order chi connectivity index (χ1) is 4.75. The summed E-state index contributed by atoms with van der Waals surface area (Å²) in [6.07, 6.45) is 0.698. The first kappa shape index (κ1) is 7.34. The lowest BCUT2D eigenvalue weighted by molar-refractivity contribution is -0.137. The van der Waals surface area contributed by atoms with E-state index >= 15 is 0 Å². The van der Waals surface area contributed by atoms with Crippen LogP contribution in [0, 0.1) is 0 Å². The Bertz CT molecular complexity index is 174. The minimum Gasteiger partial charge on any atom is -0.278 e.